The molecule has 0 saturated carbocycles. The Labute approximate surface area is 254 Å². The summed E-state index contributed by atoms with van der Waals surface area (Å²) in [7, 11) is -4.49. The monoisotopic (exact) mass is 648 g/mol. The average Bonchev–Trinajstić information content (AvgIpc) is 2.99. The highest BCUT2D eigenvalue weighted by atomic mass is 32.2. The maximum atomic E-state index is 12.8. The normalized spacial score (nSPS) is 13.3. The molecule has 0 bridgehead atoms. The maximum Gasteiger partial charge on any atom is 0.242 e. The van der Waals surface area contributed by atoms with E-state index in [0.29, 0.717) is 11.1 Å². The second-order valence-corrected chi connectivity index (χ2v) is 14.8. The van der Waals surface area contributed by atoms with Gasteiger partial charge in [0.25, 0.3) is 0 Å². The molecule has 0 saturated heterocycles. The van der Waals surface area contributed by atoms with Gasteiger partial charge in [-0.15, -0.1) is 0 Å². The molecule has 0 unspecified atom stereocenters. The zero-order valence-corrected chi connectivity index (χ0v) is 27.2. The van der Waals surface area contributed by atoms with Crippen LogP contribution in [0, 0.1) is 0 Å². The predicted octanol–water partition coefficient (Wildman–Crippen LogP) is 3.13. The zero-order valence-electron chi connectivity index (χ0n) is 25.6. The van der Waals surface area contributed by atoms with Crippen LogP contribution in [0.3, 0.4) is 0 Å². The lowest BCUT2D eigenvalue weighted by molar-refractivity contribution is -0.318. The molecule has 0 aliphatic rings. The number of hydrogen-bond donors (Lipinski definition) is 2. The van der Waals surface area contributed by atoms with E-state index in [-0.39, 0.29) is 62.5 Å². The Kier molecular flexibility index (Phi) is 14.1. The smallest absolute Gasteiger partial charge is 0.242 e. The Morgan fingerprint density at radius 1 is 0.558 bits per heavy atom. The Bertz CT molecular complexity index is 1230. The average molecular weight is 649 g/mol. The summed E-state index contributed by atoms with van der Waals surface area (Å²) in [6.45, 7) is 8.38. The number of likely N-dealkylation sites (N-methyl/N-ethyl adjacent to an activating group) is 2. The third-order valence-electron chi connectivity index (χ3n) is 6.82. The van der Waals surface area contributed by atoms with E-state index < -0.39 is 31.2 Å². The van der Waals surface area contributed by atoms with Crippen molar-refractivity contribution in [1.29, 1.82) is 0 Å². The topological polar surface area (TPSA) is 161 Å². The second-order valence-electron chi connectivity index (χ2n) is 10.7. The van der Waals surface area contributed by atoms with Crippen LogP contribution in [0.25, 0.3) is 0 Å². The highest BCUT2D eigenvalue weighted by molar-refractivity contribution is 7.89. The highest BCUT2D eigenvalue weighted by Crippen LogP contribution is 2.26. The molecule has 0 spiro atoms. The minimum atomic E-state index is -3.71. The molecular formula is C28H44N2O11S2. The molecule has 2 aromatic carbocycles. The summed E-state index contributed by atoms with van der Waals surface area (Å²) in [5.41, 5.74) is -0.657. The summed E-state index contributed by atoms with van der Waals surface area (Å²) in [5, 5.41) is 18.0. The minimum absolute atomic E-state index is 0.118. The van der Waals surface area contributed by atoms with E-state index in [1.807, 2.05) is 0 Å². The van der Waals surface area contributed by atoms with Gasteiger partial charge >= 0.3 is 0 Å². The lowest BCUT2D eigenvalue weighted by Gasteiger charge is -2.22. The first-order valence-corrected chi connectivity index (χ1v) is 16.5. The van der Waals surface area contributed by atoms with E-state index >= 15 is 0 Å². The van der Waals surface area contributed by atoms with Crippen molar-refractivity contribution in [3.05, 3.63) is 59.7 Å². The summed E-state index contributed by atoms with van der Waals surface area (Å²) in [4.78, 5) is 9.11. The second kappa shape index (κ2) is 16.3. The molecule has 0 aliphatic carbocycles. The highest BCUT2D eigenvalue weighted by Gasteiger charge is 2.26. The van der Waals surface area contributed by atoms with Crippen LogP contribution in [0.5, 0.6) is 0 Å². The number of hydrogen-bond acceptors (Lipinski definition) is 11. The minimum Gasteiger partial charge on any atom is -0.378 e. The summed E-state index contributed by atoms with van der Waals surface area (Å²) >= 11 is 0. The molecule has 0 aromatic heterocycles. The van der Waals surface area contributed by atoms with Gasteiger partial charge in [-0.3, -0.25) is 10.5 Å². The Morgan fingerprint density at radius 3 is 1.12 bits per heavy atom. The van der Waals surface area contributed by atoms with E-state index in [1.54, 1.807) is 52.0 Å². The van der Waals surface area contributed by atoms with Crippen molar-refractivity contribution in [1.82, 2.24) is 8.61 Å². The molecule has 43 heavy (non-hydrogen) atoms. The van der Waals surface area contributed by atoms with Gasteiger partial charge in [-0.2, -0.15) is 8.61 Å². The summed E-state index contributed by atoms with van der Waals surface area (Å²) in [6.07, 6.45) is 0. The SMILES string of the molecule is CN(CCOCCOCCOCCN(C)S(=O)(=O)c1ccc(C(C)(C)OO)cc1)S(=O)(=O)c1ccc(C(C)(C)OO)cc1. The first-order valence-electron chi connectivity index (χ1n) is 13.6. The third kappa shape index (κ3) is 10.5. The lowest BCUT2D eigenvalue weighted by atomic mass is 9.99. The maximum absolute atomic E-state index is 12.8. The van der Waals surface area contributed by atoms with E-state index in [0.717, 1.165) is 0 Å². The molecule has 2 N–H and O–H groups in total. The van der Waals surface area contributed by atoms with Crippen LogP contribution in [0.1, 0.15) is 38.8 Å². The van der Waals surface area contributed by atoms with E-state index in [9.17, 15) is 16.8 Å². The van der Waals surface area contributed by atoms with E-state index in [1.165, 1.54) is 47.0 Å². The largest absolute Gasteiger partial charge is 0.378 e. The molecule has 0 fully saturated rings. The number of nitrogens with zero attached hydrogens (tertiary/aromatic N) is 2. The third-order valence-corrected chi connectivity index (χ3v) is 10.6. The van der Waals surface area contributed by atoms with E-state index in [2.05, 4.69) is 9.78 Å². The first kappa shape index (κ1) is 37.2. The van der Waals surface area contributed by atoms with Crippen LogP contribution >= 0.6 is 0 Å². The molecule has 244 valence electrons. The lowest BCUT2D eigenvalue weighted by Crippen LogP contribution is -2.31. The van der Waals surface area contributed by atoms with Gasteiger partial charge in [0.2, 0.25) is 20.0 Å². The molecule has 2 aromatic rings. The Morgan fingerprint density at radius 2 is 0.837 bits per heavy atom. The standard InChI is InChI=1S/C28H44N2O11S2/c1-27(2,40-31)23-7-11-25(12-8-23)42(33,34)29(5)15-17-37-19-21-39-22-20-38-18-16-30(6)43(35,36)26-13-9-24(10-14-26)28(3,4)41-32/h7-14,31-32H,15-22H2,1-6H3. The number of ether oxygens (including phenoxy) is 3. The molecule has 0 atom stereocenters. The Balaban J connectivity index is 1.60. The van der Waals surface area contributed by atoms with Gasteiger partial charge < -0.3 is 14.2 Å². The molecule has 2 rings (SSSR count). The van der Waals surface area contributed by atoms with Gasteiger partial charge in [-0.25, -0.2) is 26.6 Å². The van der Waals surface area contributed by atoms with Gasteiger partial charge in [0, 0.05) is 27.2 Å². The van der Waals surface area contributed by atoms with Crippen LogP contribution in [0.4, 0.5) is 0 Å². The predicted molar refractivity (Wildman–Crippen MR) is 158 cm³/mol. The van der Waals surface area contributed by atoms with Crippen molar-refractivity contribution in [2.45, 2.75) is 48.7 Å². The Hall–Kier alpha value is -2.02. The fourth-order valence-corrected chi connectivity index (χ4v) is 6.00. The summed E-state index contributed by atoms with van der Waals surface area (Å²) in [5.74, 6) is 0. The molecule has 15 heteroatoms. The van der Waals surface area contributed by atoms with Crippen LogP contribution in [-0.4, -0.2) is 103 Å². The molecular weight excluding hydrogens is 604 g/mol. The van der Waals surface area contributed by atoms with Crippen LogP contribution in [0.15, 0.2) is 58.3 Å². The van der Waals surface area contributed by atoms with Crippen molar-refractivity contribution in [2.75, 3.05) is 66.8 Å². The fourth-order valence-electron chi connectivity index (χ4n) is 3.69. The van der Waals surface area contributed by atoms with Crippen molar-refractivity contribution in [3.63, 3.8) is 0 Å². The van der Waals surface area contributed by atoms with Gasteiger partial charge in [0.05, 0.1) is 49.4 Å². The van der Waals surface area contributed by atoms with Crippen LogP contribution in [-0.2, 0) is 55.2 Å². The van der Waals surface area contributed by atoms with Crippen molar-refractivity contribution in [3.8, 4) is 0 Å². The molecule has 0 radical (unpaired) electrons. The summed E-state index contributed by atoms with van der Waals surface area (Å²) < 4.78 is 69.9. The van der Waals surface area contributed by atoms with E-state index in [4.69, 9.17) is 24.7 Å². The molecule has 13 nitrogen and oxygen atoms in total. The van der Waals surface area contributed by atoms with Gasteiger partial charge in [-0.05, 0) is 63.1 Å². The van der Waals surface area contributed by atoms with Crippen molar-refractivity contribution in [2.24, 2.45) is 0 Å². The quantitative estimate of drug-likeness (QED) is 0.123. The number of sulfonamides is 2. The van der Waals surface area contributed by atoms with Crippen LogP contribution < -0.4 is 0 Å². The van der Waals surface area contributed by atoms with Crippen molar-refractivity contribution >= 4 is 20.0 Å². The molecule has 0 amide bonds. The van der Waals surface area contributed by atoms with Gasteiger partial charge in [-0.1, -0.05) is 24.3 Å². The van der Waals surface area contributed by atoms with Gasteiger partial charge in [0.15, 0.2) is 0 Å². The summed E-state index contributed by atoms with van der Waals surface area (Å²) in [6, 6.07) is 12.2. The molecule has 0 heterocycles. The van der Waals surface area contributed by atoms with Crippen molar-refractivity contribution < 1.29 is 51.3 Å². The fraction of sp³-hybridized carbons (Fsp3) is 0.571. The molecule has 0 aliphatic heterocycles. The zero-order chi connectivity index (χ0) is 32.3. The number of benzene rings is 2. The number of rotatable bonds is 20. The first-order chi connectivity index (χ1) is 20.1. The van der Waals surface area contributed by atoms with Gasteiger partial charge in [0.1, 0.15) is 11.2 Å². The van der Waals surface area contributed by atoms with Crippen LogP contribution in [0.2, 0.25) is 0 Å².